The van der Waals surface area contributed by atoms with Gasteiger partial charge in [-0.1, -0.05) is 50.2 Å². The van der Waals surface area contributed by atoms with Crippen molar-refractivity contribution in [1.82, 2.24) is 4.90 Å². The van der Waals surface area contributed by atoms with Gasteiger partial charge in [0, 0.05) is 24.2 Å². The minimum Gasteiger partial charge on any atom is -0.455 e. The number of hydrogen-bond donors (Lipinski definition) is 0. The van der Waals surface area contributed by atoms with Crippen LogP contribution in [0.2, 0.25) is 0 Å². The lowest BCUT2D eigenvalue weighted by atomic mass is 10.0. The van der Waals surface area contributed by atoms with Crippen LogP contribution in [-0.4, -0.2) is 36.5 Å². The maximum atomic E-state index is 12.9. The van der Waals surface area contributed by atoms with Crippen LogP contribution in [0, 0.1) is 6.92 Å². The Bertz CT molecular complexity index is 1130. The van der Waals surface area contributed by atoms with Gasteiger partial charge in [0.25, 0.3) is 5.91 Å². The summed E-state index contributed by atoms with van der Waals surface area (Å²) in [5.41, 5.74) is 1.29. The first-order valence-corrected chi connectivity index (χ1v) is 10.5. The van der Waals surface area contributed by atoms with Gasteiger partial charge >= 0.3 is 5.97 Å². The summed E-state index contributed by atoms with van der Waals surface area (Å²) < 4.78 is 11.3. The Morgan fingerprint density at radius 3 is 2.29 bits per heavy atom. The van der Waals surface area contributed by atoms with Crippen molar-refractivity contribution in [3.05, 3.63) is 69.9 Å². The first-order chi connectivity index (χ1) is 15.0. The zero-order valence-electron chi connectivity index (χ0n) is 18.1. The minimum atomic E-state index is -0.696. The first kappa shape index (κ1) is 22.3. The van der Waals surface area contributed by atoms with E-state index in [1.807, 2.05) is 44.2 Å². The average molecular weight is 421 g/mol. The summed E-state index contributed by atoms with van der Waals surface area (Å²) in [6.45, 7) is 6.57. The number of hydrogen-bond acceptors (Lipinski definition) is 5. The van der Waals surface area contributed by atoms with E-state index >= 15 is 0 Å². The van der Waals surface area contributed by atoms with Crippen LogP contribution in [0.5, 0.6) is 0 Å². The summed E-state index contributed by atoms with van der Waals surface area (Å²) >= 11 is 0. The molecule has 1 aromatic heterocycles. The van der Waals surface area contributed by atoms with Gasteiger partial charge in [0.1, 0.15) is 11.3 Å². The van der Waals surface area contributed by atoms with E-state index in [4.69, 9.17) is 9.15 Å². The standard InChI is InChI=1S/C25H27NO5/c1-4-14-26(15-5-2)21(27)16-30-25(29)20-13-9-12-19-22(28)17(3)23(31-24(19)20)18-10-7-6-8-11-18/h6-13H,4-5,14-16H2,1-3H3. The van der Waals surface area contributed by atoms with E-state index in [2.05, 4.69) is 0 Å². The predicted molar refractivity (Wildman–Crippen MR) is 120 cm³/mol. The summed E-state index contributed by atoms with van der Waals surface area (Å²) in [6, 6.07) is 14.0. The molecule has 6 nitrogen and oxygen atoms in total. The number of carbonyl (C=O) groups is 2. The van der Waals surface area contributed by atoms with Crippen LogP contribution in [0.3, 0.4) is 0 Å². The van der Waals surface area contributed by atoms with Gasteiger partial charge in [-0.25, -0.2) is 4.79 Å². The molecule has 3 rings (SSSR count). The second kappa shape index (κ2) is 10.1. The summed E-state index contributed by atoms with van der Waals surface area (Å²) in [5.74, 6) is -0.524. The van der Waals surface area contributed by atoms with Crippen LogP contribution in [0.1, 0.15) is 42.6 Å². The molecule has 162 valence electrons. The lowest BCUT2D eigenvalue weighted by Gasteiger charge is -2.21. The highest BCUT2D eigenvalue weighted by atomic mass is 16.5. The molecule has 1 heterocycles. The fraction of sp³-hybridized carbons (Fsp3) is 0.320. The van der Waals surface area contributed by atoms with Crippen molar-refractivity contribution >= 4 is 22.8 Å². The summed E-state index contributed by atoms with van der Waals surface area (Å²) in [4.78, 5) is 39.8. The van der Waals surface area contributed by atoms with Crippen molar-refractivity contribution in [3.8, 4) is 11.3 Å². The number of amides is 1. The third-order valence-electron chi connectivity index (χ3n) is 5.07. The molecule has 3 aromatic rings. The number of fused-ring (bicyclic) bond motifs is 1. The molecule has 31 heavy (non-hydrogen) atoms. The highest BCUT2D eigenvalue weighted by Gasteiger charge is 2.21. The Hall–Kier alpha value is -3.41. The second-order valence-electron chi connectivity index (χ2n) is 7.39. The molecule has 1 amide bonds. The topological polar surface area (TPSA) is 76.8 Å². The lowest BCUT2D eigenvalue weighted by Crippen LogP contribution is -2.35. The second-order valence-corrected chi connectivity index (χ2v) is 7.39. The van der Waals surface area contributed by atoms with Gasteiger partial charge in [-0.15, -0.1) is 0 Å². The quantitative estimate of drug-likeness (QED) is 0.498. The molecule has 0 saturated heterocycles. The molecule has 0 aliphatic rings. The van der Waals surface area contributed by atoms with Gasteiger partial charge in [-0.2, -0.15) is 0 Å². The minimum absolute atomic E-state index is 0.122. The van der Waals surface area contributed by atoms with Crippen LogP contribution in [0.15, 0.2) is 57.7 Å². The van der Waals surface area contributed by atoms with E-state index in [0.29, 0.717) is 29.8 Å². The van der Waals surface area contributed by atoms with E-state index in [0.717, 1.165) is 18.4 Å². The van der Waals surface area contributed by atoms with E-state index in [1.54, 1.807) is 24.0 Å². The van der Waals surface area contributed by atoms with Crippen molar-refractivity contribution in [2.75, 3.05) is 19.7 Å². The van der Waals surface area contributed by atoms with Crippen molar-refractivity contribution in [2.45, 2.75) is 33.6 Å². The largest absolute Gasteiger partial charge is 0.455 e. The number of para-hydroxylation sites is 1. The molecule has 0 fully saturated rings. The zero-order valence-corrected chi connectivity index (χ0v) is 18.1. The van der Waals surface area contributed by atoms with Crippen LogP contribution >= 0.6 is 0 Å². The number of benzene rings is 2. The summed E-state index contributed by atoms with van der Waals surface area (Å²) in [6.07, 6.45) is 1.66. The lowest BCUT2D eigenvalue weighted by molar-refractivity contribution is -0.134. The molecule has 0 spiro atoms. The molecule has 6 heteroatoms. The molecule has 2 aromatic carbocycles. The SMILES string of the molecule is CCCN(CCC)C(=O)COC(=O)c1cccc2c(=O)c(C)c(-c3ccccc3)oc12. The van der Waals surface area contributed by atoms with Crippen LogP contribution in [0.4, 0.5) is 0 Å². The van der Waals surface area contributed by atoms with E-state index in [1.165, 1.54) is 6.07 Å². The van der Waals surface area contributed by atoms with Gasteiger partial charge in [0.2, 0.25) is 0 Å². The number of ether oxygens (including phenoxy) is 1. The van der Waals surface area contributed by atoms with E-state index < -0.39 is 5.97 Å². The monoisotopic (exact) mass is 421 g/mol. The molecule has 0 aliphatic heterocycles. The van der Waals surface area contributed by atoms with Gasteiger partial charge in [0.15, 0.2) is 17.6 Å². The Morgan fingerprint density at radius 1 is 0.968 bits per heavy atom. The fourth-order valence-corrected chi connectivity index (χ4v) is 3.53. The smallest absolute Gasteiger partial charge is 0.342 e. The van der Waals surface area contributed by atoms with Gasteiger partial charge in [-0.3, -0.25) is 9.59 Å². The molecule has 0 N–H and O–H groups in total. The first-order valence-electron chi connectivity index (χ1n) is 10.5. The van der Waals surface area contributed by atoms with Crippen molar-refractivity contribution in [3.63, 3.8) is 0 Å². The Labute approximate surface area is 181 Å². The molecule has 0 atom stereocenters. The molecule has 0 saturated carbocycles. The van der Waals surface area contributed by atoms with Crippen LogP contribution < -0.4 is 5.43 Å². The average Bonchev–Trinajstić information content (AvgIpc) is 2.79. The molecule has 0 aliphatic carbocycles. The van der Waals surface area contributed by atoms with Crippen molar-refractivity contribution in [2.24, 2.45) is 0 Å². The van der Waals surface area contributed by atoms with E-state index in [9.17, 15) is 14.4 Å². The number of nitrogens with zero attached hydrogens (tertiary/aromatic N) is 1. The van der Waals surface area contributed by atoms with Crippen molar-refractivity contribution in [1.29, 1.82) is 0 Å². The highest BCUT2D eigenvalue weighted by molar-refractivity contribution is 6.02. The third kappa shape index (κ3) is 4.85. The van der Waals surface area contributed by atoms with Gasteiger partial charge in [0.05, 0.1) is 5.39 Å². The number of carbonyl (C=O) groups excluding carboxylic acids is 2. The van der Waals surface area contributed by atoms with Crippen molar-refractivity contribution < 1.29 is 18.7 Å². The Balaban J connectivity index is 1.93. The Kier molecular flexibility index (Phi) is 7.23. The third-order valence-corrected chi connectivity index (χ3v) is 5.07. The molecule has 0 unspecified atom stereocenters. The summed E-state index contributed by atoms with van der Waals surface area (Å²) in [5, 5.41) is 0.302. The molecule has 0 radical (unpaired) electrons. The van der Waals surface area contributed by atoms with Crippen LogP contribution in [-0.2, 0) is 9.53 Å². The van der Waals surface area contributed by atoms with Gasteiger partial charge in [-0.05, 0) is 31.9 Å². The number of esters is 1. The summed E-state index contributed by atoms with van der Waals surface area (Å²) in [7, 11) is 0. The number of rotatable bonds is 8. The zero-order chi connectivity index (χ0) is 22.4. The highest BCUT2D eigenvalue weighted by Crippen LogP contribution is 2.27. The fourth-order valence-electron chi connectivity index (χ4n) is 3.53. The maximum Gasteiger partial charge on any atom is 0.342 e. The predicted octanol–water partition coefficient (Wildman–Crippen LogP) is 4.57. The normalized spacial score (nSPS) is 10.8. The Morgan fingerprint density at radius 2 is 1.65 bits per heavy atom. The molecular weight excluding hydrogens is 394 g/mol. The van der Waals surface area contributed by atoms with E-state index in [-0.39, 0.29) is 29.1 Å². The molecular formula is C25H27NO5. The van der Waals surface area contributed by atoms with Crippen LogP contribution in [0.25, 0.3) is 22.3 Å². The molecule has 0 bridgehead atoms. The maximum absolute atomic E-state index is 12.9. The van der Waals surface area contributed by atoms with Gasteiger partial charge < -0.3 is 14.1 Å².